The second kappa shape index (κ2) is 9.29. The average molecular weight is 381 g/mol. The number of nitrogens with one attached hydrogen (secondary N) is 1. The van der Waals surface area contributed by atoms with Crippen LogP contribution in [0.5, 0.6) is 5.75 Å². The zero-order valence-electron chi connectivity index (χ0n) is 13.9. The summed E-state index contributed by atoms with van der Waals surface area (Å²) in [5, 5.41) is 2.78. The van der Waals surface area contributed by atoms with Gasteiger partial charge < -0.3 is 15.8 Å². The van der Waals surface area contributed by atoms with E-state index in [0.29, 0.717) is 18.7 Å². The Morgan fingerprint density at radius 2 is 1.76 bits per heavy atom. The monoisotopic (exact) mass is 380 g/mol. The number of amides is 1. The Balaban J connectivity index is 0.00000312. The van der Waals surface area contributed by atoms with Gasteiger partial charge in [0.15, 0.2) is 6.61 Å². The van der Waals surface area contributed by atoms with Crippen LogP contribution in [0.2, 0.25) is 0 Å². The van der Waals surface area contributed by atoms with Gasteiger partial charge in [0, 0.05) is 12.1 Å². The molecule has 0 bridgehead atoms. The molecule has 1 aliphatic rings. The number of benzene rings is 1. The predicted octanol–water partition coefficient (Wildman–Crippen LogP) is 4.29. The molecule has 2 rings (SSSR count). The highest BCUT2D eigenvalue weighted by Crippen LogP contribution is 2.38. The fourth-order valence-electron chi connectivity index (χ4n) is 3.10. The van der Waals surface area contributed by atoms with Crippen LogP contribution in [0.4, 0.5) is 18.9 Å². The van der Waals surface area contributed by atoms with E-state index in [1.807, 2.05) is 0 Å². The largest absolute Gasteiger partial charge is 0.484 e. The van der Waals surface area contributed by atoms with E-state index < -0.39 is 12.8 Å². The molecule has 1 aromatic rings. The van der Waals surface area contributed by atoms with Crippen LogP contribution in [0.15, 0.2) is 24.3 Å². The number of halogens is 4. The minimum absolute atomic E-state index is 0. The molecule has 142 valence electrons. The number of hydrogen-bond donors (Lipinski definition) is 2. The highest BCUT2D eigenvalue weighted by molar-refractivity contribution is 5.91. The zero-order chi connectivity index (χ0) is 17.6. The molecule has 8 heteroatoms. The number of carbonyl (C=O) groups is 1. The molecule has 1 aliphatic carbocycles. The molecule has 1 saturated carbocycles. The molecule has 4 nitrogen and oxygen atoms in total. The number of nitrogens with two attached hydrogens (primary N) is 1. The van der Waals surface area contributed by atoms with Crippen molar-refractivity contribution in [3.63, 3.8) is 0 Å². The number of rotatable bonds is 6. The Bertz CT molecular complexity index is 544. The fourth-order valence-corrected chi connectivity index (χ4v) is 3.10. The molecule has 0 heterocycles. The predicted molar refractivity (Wildman–Crippen MR) is 93.1 cm³/mol. The first-order chi connectivity index (χ1) is 11.3. The molecule has 1 amide bonds. The van der Waals surface area contributed by atoms with Gasteiger partial charge in [-0.3, -0.25) is 4.79 Å². The van der Waals surface area contributed by atoms with Crippen LogP contribution in [0.1, 0.15) is 38.5 Å². The van der Waals surface area contributed by atoms with E-state index in [9.17, 15) is 18.0 Å². The van der Waals surface area contributed by atoms with Crippen molar-refractivity contribution >= 4 is 24.0 Å². The third kappa shape index (κ3) is 7.12. The topological polar surface area (TPSA) is 64.4 Å². The summed E-state index contributed by atoms with van der Waals surface area (Å²) in [5.41, 5.74) is 6.28. The standard InChI is InChI=1S/C17H23F3N2O2.ClH/c18-17(19,20)12-24-14-6-4-13(5-7-14)22-15(23)10-16(11-21)8-2-1-3-9-16;/h4-7H,1-3,8-12,21H2,(H,22,23);1H. The summed E-state index contributed by atoms with van der Waals surface area (Å²) in [6.07, 6.45) is 1.29. The summed E-state index contributed by atoms with van der Waals surface area (Å²) in [5.74, 6) is -0.0117. The molecule has 1 aromatic carbocycles. The number of carbonyl (C=O) groups excluding carboxylic acids is 1. The van der Waals surface area contributed by atoms with E-state index in [-0.39, 0.29) is 29.5 Å². The third-order valence-electron chi connectivity index (χ3n) is 4.42. The van der Waals surface area contributed by atoms with Crippen molar-refractivity contribution in [3.8, 4) is 5.75 Å². The van der Waals surface area contributed by atoms with Gasteiger partial charge in [0.25, 0.3) is 0 Å². The molecule has 3 N–H and O–H groups in total. The smallest absolute Gasteiger partial charge is 0.422 e. The van der Waals surface area contributed by atoms with Crippen molar-refractivity contribution in [2.24, 2.45) is 11.1 Å². The van der Waals surface area contributed by atoms with E-state index in [1.54, 1.807) is 0 Å². The maximum absolute atomic E-state index is 12.2. The molecule has 0 aliphatic heterocycles. The summed E-state index contributed by atoms with van der Waals surface area (Å²) in [6.45, 7) is -0.845. The Morgan fingerprint density at radius 3 is 2.28 bits per heavy atom. The number of hydrogen-bond acceptors (Lipinski definition) is 3. The van der Waals surface area contributed by atoms with Crippen molar-refractivity contribution in [2.75, 3.05) is 18.5 Å². The Kier molecular flexibility index (Phi) is 8.02. The lowest BCUT2D eigenvalue weighted by molar-refractivity contribution is -0.153. The first kappa shape index (κ1) is 21.6. The Labute approximate surface area is 151 Å². The van der Waals surface area contributed by atoms with Gasteiger partial charge in [0.1, 0.15) is 5.75 Å². The van der Waals surface area contributed by atoms with Crippen LogP contribution in [-0.2, 0) is 4.79 Å². The van der Waals surface area contributed by atoms with E-state index in [4.69, 9.17) is 5.73 Å². The summed E-state index contributed by atoms with van der Waals surface area (Å²) < 4.78 is 40.9. The van der Waals surface area contributed by atoms with E-state index >= 15 is 0 Å². The Morgan fingerprint density at radius 1 is 1.16 bits per heavy atom. The van der Waals surface area contributed by atoms with Gasteiger partial charge in [0.2, 0.25) is 5.91 Å². The van der Waals surface area contributed by atoms with Crippen molar-refractivity contribution in [1.29, 1.82) is 0 Å². The summed E-state index contributed by atoms with van der Waals surface area (Å²) in [6, 6.07) is 5.86. The van der Waals surface area contributed by atoms with Crippen molar-refractivity contribution in [1.82, 2.24) is 0 Å². The molecule has 0 aromatic heterocycles. The van der Waals surface area contributed by atoms with Crippen molar-refractivity contribution < 1.29 is 22.7 Å². The molecule has 0 spiro atoms. The maximum Gasteiger partial charge on any atom is 0.422 e. The normalized spacial score (nSPS) is 16.6. The fraction of sp³-hybridized carbons (Fsp3) is 0.588. The van der Waals surface area contributed by atoms with E-state index in [2.05, 4.69) is 10.1 Å². The minimum atomic E-state index is -4.37. The molecule has 0 radical (unpaired) electrons. The van der Waals surface area contributed by atoms with Crippen LogP contribution in [0, 0.1) is 5.41 Å². The van der Waals surface area contributed by atoms with Crippen LogP contribution < -0.4 is 15.8 Å². The molecule has 0 atom stereocenters. The minimum Gasteiger partial charge on any atom is -0.484 e. The summed E-state index contributed by atoms with van der Waals surface area (Å²) in [4.78, 5) is 12.2. The Hall–Kier alpha value is -1.47. The molecular formula is C17H24ClF3N2O2. The van der Waals surface area contributed by atoms with Gasteiger partial charge >= 0.3 is 6.18 Å². The number of ether oxygens (including phenoxy) is 1. The highest BCUT2D eigenvalue weighted by Gasteiger charge is 2.33. The first-order valence-electron chi connectivity index (χ1n) is 8.11. The number of anilines is 1. The zero-order valence-corrected chi connectivity index (χ0v) is 14.7. The SMILES string of the molecule is Cl.NCC1(CC(=O)Nc2ccc(OCC(F)(F)F)cc2)CCCCC1. The summed E-state index contributed by atoms with van der Waals surface area (Å²) in [7, 11) is 0. The first-order valence-corrected chi connectivity index (χ1v) is 8.11. The maximum atomic E-state index is 12.2. The lowest BCUT2D eigenvalue weighted by atomic mass is 9.71. The van der Waals surface area contributed by atoms with Gasteiger partial charge in [0.05, 0.1) is 0 Å². The summed E-state index contributed by atoms with van der Waals surface area (Å²) >= 11 is 0. The van der Waals surface area contributed by atoms with E-state index in [0.717, 1.165) is 25.7 Å². The second-order valence-corrected chi connectivity index (χ2v) is 6.42. The lowest BCUT2D eigenvalue weighted by Crippen LogP contribution is -2.36. The molecule has 1 fully saturated rings. The quantitative estimate of drug-likeness (QED) is 0.773. The van der Waals surface area contributed by atoms with Gasteiger partial charge in [-0.1, -0.05) is 19.3 Å². The lowest BCUT2D eigenvalue weighted by Gasteiger charge is -2.35. The number of alkyl halides is 3. The highest BCUT2D eigenvalue weighted by atomic mass is 35.5. The van der Waals surface area contributed by atoms with Gasteiger partial charge in [-0.05, 0) is 49.1 Å². The molecule has 0 unspecified atom stereocenters. The third-order valence-corrected chi connectivity index (χ3v) is 4.42. The second-order valence-electron chi connectivity index (χ2n) is 6.42. The van der Waals surface area contributed by atoms with Crippen LogP contribution in [0.25, 0.3) is 0 Å². The average Bonchev–Trinajstić information content (AvgIpc) is 2.54. The molecule has 25 heavy (non-hydrogen) atoms. The van der Waals surface area contributed by atoms with Gasteiger partial charge in [-0.2, -0.15) is 13.2 Å². The van der Waals surface area contributed by atoms with Gasteiger partial charge in [-0.25, -0.2) is 0 Å². The van der Waals surface area contributed by atoms with Crippen LogP contribution in [0.3, 0.4) is 0 Å². The van der Waals surface area contributed by atoms with Crippen LogP contribution in [-0.4, -0.2) is 25.2 Å². The van der Waals surface area contributed by atoms with E-state index in [1.165, 1.54) is 30.7 Å². The van der Waals surface area contributed by atoms with Gasteiger partial charge in [-0.15, -0.1) is 12.4 Å². The van der Waals surface area contributed by atoms with Crippen LogP contribution >= 0.6 is 12.4 Å². The molecule has 0 saturated heterocycles. The molecular weight excluding hydrogens is 357 g/mol. The van der Waals surface area contributed by atoms with Crippen molar-refractivity contribution in [3.05, 3.63) is 24.3 Å². The van der Waals surface area contributed by atoms with Crippen molar-refractivity contribution in [2.45, 2.75) is 44.7 Å².